The van der Waals surface area contributed by atoms with Gasteiger partial charge in [-0.2, -0.15) is 26.3 Å². The van der Waals surface area contributed by atoms with Crippen molar-refractivity contribution in [2.24, 2.45) is 0 Å². The summed E-state index contributed by atoms with van der Waals surface area (Å²) in [5.41, 5.74) is -2.32. The van der Waals surface area contributed by atoms with Crippen molar-refractivity contribution in [3.63, 3.8) is 0 Å². The Bertz CT molecular complexity index is 1060. The van der Waals surface area contributed by atoms with Crippen LogP contribution in [0.1, 0.15) is 11.1 Å². The van der Waals surface area contributed by atoms with Crippen molar-refractivity contribution in [1.82, 2.24) is 9.55 Å². The number of aromatic nitrogens is 2. The molecule has 140 valence electrons. The smallest absolute Gasteiger partial charge is 0.268 e. The number of hydrogen-bond donors (Lipinski definition) is 0. The molecule has 0 spiro atoms. The van der Waals surface area contributed by atoms with E-state index >= 15 is 0 Å². The van der Waals surface area contributed by atoms with Gasteiger partial charge in [0.05, 0.1) is 22.2 Å². The lowest BCUT2D eigenvalue weighted by molar-refractivity contribution is -0.137. The monoisotopic (exact) mass is 384 g/mol. The van der Waals surface area contributed by atoms with Gasteiger partial charge < -0.3 is 0 Å². The number of halogens is 6. The minimum atomic E-state index is -4.80. The molecule has 1 heterocycles. The Labute approximate surface area is 148 Å². The second-order valence-electron chi connectivity index (χ2n) is 5.58. The summed E-state index contributed by atoms with van der Waals surface area (Å²) < 4.78 is 77.7. The van der Waals surface area contributed by atoms with E-state index in [9.17, 15) is 31.1 Å². The van der Waals surface area contributed by atoms with Gasteiger partial charge in [0.2, 0.25) is 0 Å². The van der Waals surface area contributed by atoms with Crippen LogP contribution in [0.15, 0.2) is 65.7 Å². The van der Waals surface area contributed by atoms with Gasteiger partial charge in [-0.15, -0.1) is 0 Å². The second kappa shape index (κ2) is 6.57. The van der Waals surface area contributed by atoms with Crippen LogP contribution < -0.4 is 5.56 Å². The van der Waals surface area contributed by atoms with Crippen LogP contribution in [-0.2, 0) is 6.18 Å². The first-order valence-corrected chi connectivity index (χ1v) is 7.50. The molecule has 27 heavy (non-hydrogen) atoms. The summed E-state index contributed by atoms with van der Waals surface area (Å²) in [6.07, 6.45) is -8.66. The molecule has 9 heteroatoms. The fourth-order valence-electron chi connectivity index (χ4n) is 2.52. The first kappa shape index (κ1) is 18.7. The molecule has 2 aromatic carbocycles. The molecule has 0 aliphatic rings. The SMILES string of the molecule is O=c1c2ccccc2ncn1/C(=C\C(F)(F)F)c1ccc(C(F)(F)F)cc1. The van der Waals surface area contributed by atoms with E-state index in [1.54, 1.807) is 6.07 Å². The van der Waals surface area contributed by atoms with Crippen LogP contribution in [0, 0.1) is 0 Å². The molecule has 0 amide bonds. The van der Waals surface area contributed by atoms with Crippen molar-refractivity contribution in [2.75, 3.05) is 0 Å². The number of nitrogens with zero attached hydrogens (tertiary/aromatic N) is 2. The van der Waals surface area contributed by atoms with E-state index in [-0.39, 0.29) is 22.5 Å². The van der Waals surface area contributed by atoms with Gasteiger partial charge in [-0.1, -0.05) is 24.3 Å². The molecular formula is C18H10F6N2O. The fraction of sp³-hybridized carbons (Fsp3) is 0.111. The molecule has 0 bridgehead atoms. The third kappa shape index (κ3) is 4.02. The Balaban J connectivity index is 2.21. The highest BCUT2D eigenvalue weighted by Gasteiger charge is 2.31. The van der Waals surface area contributed by atoms with E-state index in [0.29, 0.717) is 16.7 Å². The van der Waals surface area contributed by atoms with Crippen molar-refractivity contribution in [3.05, 3.63) is 82.4 Å². The summed E-state index contributed by atoms with van der Waals surface area (Å²) in [6.45, 7) is 0. The standard InChI is InChI=1S/C18H10F6N2O/c19-17(20,21)9-15(11-5-7-12(8-6-11)18(22,23)24)26-10-25-14-4-2-1-3-13(14)16(26)27/h1-10H/b15-9-. The first-order chi connectivity index (χ1) is 12.6. The fourth-order valence-corrected chi connectivity index (χ4v) is 2.52. The summed E-state index contributed by atoms with van der Waals surface area (Å²) in [5, 5.41) is 0.0833. The zero-order valence-corrected chi connectivity index (χ0v) is 13.3. The van der Waals surface area contributed by atoms with E-state index < -0.39 is 29.2 Å². The molecular weight excluding hydrogens is 374 g/mol. The maximum absolute atomic E-state index is 13.0. The molecule has 3 aromatic rings. The van der Waals surface area contributed by atoms with Crippen LogP contribution in [0.3, 0.4) is 0 Å². The lowest BCUT2D eigenvalue weighted by atomic mass is 10.1. The Morgan fingerprint density at radius 1 is 0.926 bits per heavy atom. The number of para-hydroxylation sites is 1. The van der Waals surface area contributed by atoms with E-state index in [1.807, 2.05) is 0 Å². The summed E-state index contributed by atoms with van der Waals surface area (Å²) >= 11 is 0. The van der Waals surface area contributed by atoms with Gasteiger partial charge in [0.15, 0.2) is 0 Å². The van der Waals surface area contributed by atoms with Gasteiger partial charge in [-0.25, -0.2) is 4.98 Å². The molecule has 0 radical (unpaired) electrons. The minimum absolute atomic E-state index is 0.0833. The normalized spacial score (nSPS) is 13.2. The van der Waals surface area contributed by atoms with Crippen molar-refractivity contribution in [2.45, 2.75) is 12.4 Å². The molecule has 0 aliphatic heterocycles. The maximum Gasteiger partial charge on any atom is 0.416 e. The van der Waals surface area contributed by atoms with E-state index in [4.69, 9.17) is 0 Å². The Hall–Kier alpha value is -3.10. The molecule has 0 unspecified atom stereocenters. The highest BCUT2D eigenvalue weighted by molar-refractivity contribution is 5.79. The van der Waals surface area contributed by atoms with E-state index in [1.165, 1.54) is 18.2 Å². The van der Waals surface area contributed by atoms with Crippen molar-refractivity contribution >= 4 is 16.6 Å². The van der Waals surface area contributed by atoms with E-state index in [2.05, 4.69) is 4.98 Å². The average Bonchev–Trinajstić information content (AvgIpc) is 2.59. The number of hydrogen-bond acceptors (Lipinski definition) is 2. The number of fused-ring (bicyclic) bond motifs is 1. The quantitative estimate of drug-likeness (QED) is 0.591. The number of allylic oxidation sites excluding steroid dienone is 1. The molecule has 0 N–H and O–H groups in total. The lowest BCUT2D eigenvalue weighted by Gasteiger charge is -2.14. The van der Waals surface area contributed by atoms with Crippen LogP contribution >= 0.6 is 0 Å². The van der Waals surface area contributed by atoms with Crippen LogP contribution in [-0.4, -0.2) is 15.7 Å². The molecule has 1 aromatic heterocycles. The topological polar surface area (TPSA) is 34.9 Å². The number of alkyl halides is 6. The first-order valence-electron chi connectivity index (χ1n) is 7.50. The third-order valence-corrected chi connectivity index (χ3v) is 3.73. The van der Waals surface area contributed by atoms with Crippen molar-refractivity contribution < 1.29 is 26.3 Å². The summed E-state index contributed by atoms with van der Waals surface area (Å²) in [5.74, 6) is 0. The predicted molar refractivity (Wildman–Crippen MR) is 86.9 cm³/mol. The highest BCUT2D eigenvalue weighted by Crippen LogP contribution is 2.31. The summed E-state index contributed by atoms with van der Waals surface area (Å²) in [7, 11) is 0. The van der Waals surface area contributed by atoms with Gasteiger partial charge in [0, 0.05) is 6.08 Å². The van der Waals surface area contributed by atoms with Crippen molar-refractivity contribution in [1.29, 1.82) is 0 Å². The van der Waals surface area contributed by atoms with Crippen LogP contribution in [0.25, 0.3) is 16.6 Å². The Morgan fingerprint density at radius 2 is 1.56 bits per heavy atom. The molecule has 3 nitrogen and oxygen atoms in total. The molecule has 0 saturated heterocycles. The second-order valence-corrected chi connectivity index (χ2v) is 5.58. The average molecular weight is 384 g/mol. The number of benzene rings is 2. The zero-order valence-electron chi connectivity index (χ0n) is 13.3. The lowest BCUT2D eigenvalue weighted by Crippen LogP contribution is -2.22. The number of rotatable bonds is 2. The third-order valence-electron chi connectivity index (χ3n) is 3.73. The maximum atomic E-state index is 13.0. The van der Waals surface area contributed by atoms with Crippen LogP contribution in [0.5, 0.6) is 0 Å². The molecule has 0 fully saturated rings. The summed E-state index contributed by atoms with van der Waals surface area (Å²) in [6, 6.07) is 9.12. The van der Waals surface area contributed by atoms with E-state index in [0.717, 1.165) is 18.5 Å². The largest absolute Gasteiger partial charge is 0.416 e. The van der Waals surface area contributed by atoms with Gasteiger partial charge in [-0.05, 0) is 29.8 Å². The molecule has 0 saturated carbocycles. The molecule has 3 rings (SSSR count). The Morgan fingerprint density at radius 3 is 2.15 bits per heavy atom. The Kier molecular flexibility index (Phi) is 4.54. The molecule has 0 aliphatic carbocycles. The molecule has 0 atom stereocenters. The van der Waals surface area contributed by atoms with Crippen molar-refractivity contribution in [3.8, 4) is 0 Å². The minimum Gasteiger partial charge on any atom is -0.268 e. The zero-order chi connectivity index (χ0) is 19.8. The summed E-state index contributed by atoms with van der Waals surface area (Å²) in [4.78, 5) is 16.5. The van der Waals surface area contributed by atoms with Gasteiger partial charge in [0.1, 0.15) is 6.33 Å². The van der Waals surface area contributed by atoms with Gasteiger partial charge in [-0.3, -0.25) is 9.36 Å². The van der Waals surface area contributed by atoms with Gasteiger partial charge >= 0.3 is 12.4 Å². The van der Waals surface area contributed by atoms with Gasteiger partial charge in [0.25, 0.3) is 5.56 Å². The van der Waals surface area contributed by atoms with Crippen LogP contribution in [0.2, 0.25) is 0 Å². The predicted octanol–water partition coefficient (Wildman–Crippen LogP) is 4.87. The van der Waals surface area contributed by atoms with Crippen LogP contribution in [0.4, 0.5) is 26.3 Å². The highest BCUT2D eigenvalue weighted by atomic mass is 19.4.